The van der Waals surface area contributed by atoms with Gasteiger partial charge in [0.2, 0.25) is 0 Å². The van der Waals surface area contributed by atoms with Gasteiger partial charge in [0.25, 0.3) is 0 Å². The molecule has 1 saturated carbocycles. The highest BCUT2D eigenvalue weighted by Crippen LogP contribution is 2.58. The van der Waals surface area contributed by atoms with Gasteiger partial charge in [0, 0.05) is 22.7 Å². The molecule has 3 nitrogen and oxygen atoms in total. The largest absolute Gasteiger partial charge is 0.394 e. The van der Waals surface area contributed by atoms with E-state index in [-0.39, 0.29) is 0 Å². The lowest BCUT2D eigenvalue weighted by Gasteiger charge is -2.13. The van der Waals surface area contributed by atoms with Crippen LogP contribution in [0.3, 0.4) is 0 Å². The Labute approximate surface area is 147 Å². The quantitative estimate of drug-likeness (QED) is 0.614. The molecule has 2 aliphatic rings. The Morgan fingerprint density at radius 2 is 1.83 bits per heavy atom. The Morgan fingerprint density at radius 1 is 1.08 bits per heavy atom. The zero-order valence-corrected chi connectivity index (χ0v) is 14.8. The molecule has 2 atom stereocenters. The summed E-state index contributed by atoms with van der Waals surface area (Å²) in [6, 6.07) is 14.7. The molecule has 0 N–H and O–H groups in total. The predicted octanol–water partition coefficient (Wildman–Crippen LogP) is 4.26. The Balaban J connectivity index is 1.78. The summed E-state index contributed by atoms with van der Waals surface area (Å²) < 4.78 is 0. The van der Waals surface area contributed by atoms with E-state index in [1.165, 1.54) is 23.1 Å². The maximum absolute atomic E-state index is 6.28. The topological polar surface area (TPSA) is 24.8 Å². The highest BCUT2D eigenvalue weighted by molar-refractivity contribution is 6.31. The number of hydrogen-bond donors (Lipinski definition) is 0. The highest BCUT2D eigenvalue weighted by atomic mass is 35.5. The number of fused-ring (bicyclic) bond motifs is 5. The molecule has 24 heavy (non-hydrogen) atoms. The molecule has 0 heterocycles. The van der Waals surface area contributed by atoms with Crippen molar-refractivity contribution >= 4 is 17.3 Å². The van der Waals surface area contributed by atoms with Crippen LogP contribution in [0.2, 0.25) is 5.02 Å². The SMILES string of the molecule is CN(C)CCO/N=C1\c2ccccc2C2CC2c2ccc(Cl)cc21. The first-order chi connectivity index (χ1) is 11.6. The van der Waals surface area contributed by atoms with Crippen LogP contribution in [0.1, 0.15) is 40.5 Å². The van der Waals surface area contributed by atoms with E-state index >= 15 is 0 Å². The molecule has 0 saturated heterocycles. The summed E-state index contributed by atoms with van der Waals surface area (Å²) in [6.45, 7) is 1.41. The fourth-order valence-corrected chi connectivity index (χ4v) is 3.72. The van der Waals surface area contributed by atoms with Crippen molar-refractivity contribution in [1.82, 2.24) is 4.90 Å². The zero-order valence-electron chi connectivity index (χ0n) is 14.0. The molecule has 0 aliphatic heterocycles. The minimum absolute atomic E-state index is 0.571. The summed E-state index contributed by atoms with van der Waals surface area (Å²) in [5.41, 5.74) is 5.93. The highest BCUT2D eigenvalue weighted by Gasteiger charge is 2.45. The van der Waals surface area contributed by atoms with E-state index in [9.17, 15) is 0 Å². The van der Waals surface area contributed by atoms with Gasteiger partial charge in [-0.2, -0.15) is 0 Å². The van der Waals surface area contributed by atoms with Gasteiger partial charge in [-0.3, -0.25) is 0 Å². The van der Waals surface area contributed by atoms with E-state index in [4.69, 9.17) is 16.4 Å². The molecule has 1 fully saturated rings. The minimum atomic E-state index is 0.571. The molecule has 124 valence electrons. The second-order valence-corrected chi connectivity index (χ2v) is 7.28. The third-order valence-corrected chi connectivity index (χ3v) is 5.10. The normalized spacial score (nSPS) is 22.6. The van der Waals surface area contributed by atoms with Crippen molar-refractivity contribution < 1.29 is 4.84 Å². The average molecular weight is 341 g/mol. The number of rotatable bonds is 4. The lowest BCUT2D eigenvalue weighted by Crippen LogP contribution is -2.17. The van der Waals surface area contributed by atoms with Crippen molar-refractivity contribution in [1.29, 1.82) is 0 Å². The van der Waals surface area contributed by atoms with Crippen molar-refractivity contribution in [2.24, 2.45) is 5.16 Å². The first kappa shape index (κ1) is 15.7. The number of oxime groups is 1. The third-order valence-electron chi connectivity index (χ3n) is 4.86. The van der Waals surface area contributed by atoms with Crippen molar-refractivity contribution in [2.45, 2.75) is 18.3 Å². The van der Waals surface area contributed by atoms with Crippen molar-refractivity contribution in [3.8, 4) is 0 Å². The molecule has 4 rings (SSSR count). The smallest absolute Gasteiger partial charge is 0.129 e. The second kappa shape index (κ2) is 6.23. The molecule has 0 amide bonds. The molecule has 2 aromatic carbocycles. The van der Waals surface area contributed by atoms with E-state index in [0.717, 1.165) is 22.8 Å². The Bertz CT molecular complexity index is 800. The van der Waals surface area contributed by atoms with Gasteiger partial charge in [0.05, 0.1) is 0 Å². The maximum Gasteiger partial charge on any atom is 0.129 e. The standard InChI is InChI=1S/C20H21ClN2O/c1-23(2)9-10-24-22-20-16-6-4-3-5-14(16)17-12-18(17)15-8-7-13(21)11-19(15)20/h3-8,11,17-18H,9-10,12H2,1-2H3/b22-20+. The van der Waals surface area contributed by atoms with Crippen LogP contribution in [0.4, 0.5) is 0 Å². The van der Waals surface area contributed by atoms with Gasteiger partial charge < -0.3 is 9.74 Å². The summed E-state index contributed by atoms with van der Waals surface area (Å²) in [7, 11) is 4.06. The van der Waals surface area contributed by atoms with Crippen LogP contribution in [0, 0.1) is 0 Å². The van der Waals surface area contributed by atoms with Crippen LogP contribution in [0.25, 0.3) is 0 Å². The molecule has 2 unspecified atom stereocenters. The van der Waals surface area contributed by atoms with Crippen LogP contribution >= 0.6 is 11.6 Å². The first-order valence-electron chi connectivity index (χ1n) is 8.39. The monoisotopic (exact) mass is 340 g/mol. The number of nitrogens with zero attached hydrogens (tertiary/aromatic N) is 2. The summed E-state index contributed by atoms with van der Waals surface area (Å²) in [5, 5.41) is 5.27. The van der Waals surface area contributed by atoms with Gasteiger partial charge in [-0.25, -0.2) is 0 Å². The average Bonchev–Trinajstić information content (AvgIpc) is 3.35. The van der Waals surface area contributed by atoms with Gasteiger partial charge in [-0.1, -0.05) is 47.1 Å². The molecule has 4 heteroatoms. The fourth-order valence-electron chi connectivity index (χ4n) is 3.55. The molecular formula is C20H21ClN2O. The molecule has 0 radical (unpaired) electrons. The Morgan fingerprint density at radius 3 is 2.62 bits per heavy atom. The third kappa shape index (κ3) is 2.83. The lowest BCUT2D eigenvalue weighted by molar-refractivity contribution is 0.126. The van der Waals surface area contributed by atoms with Gasteiger partial charge in [-0.05, 0) is 55.6 Å². The second-order valence-electron chi connectivity index (χ2n) is 6.84. The van der Waals surface area contributed by atoms with Crippen molar-refractivity contribution in [2.75, 3.05) is 27.2 Å². The van der Waals surface area contributed by atoms with E-state index in [0.29, 0.717) is 18.4 Å². The Kier molecular flexibility index (Phi) is 4.07. The van der Waals surface area contributed by atoms with Crippen LogP contribution in [0.15, 0.2) is 47.6 Å². The van der Waals surface area contributed by atoms with E-state index in [1.54, 1.807) is 0 Å². The lowest BCUT2D eigenvalue weighted by atomic mass is 9.95. The summed E-state index contributed by atoms with van der Waals surface area (Å²) in [5.74, 6) is 1.17. The summed E-state index contributed by atoms with van der Waals surface area (Å²) in [4.78, 5) is 7.73. The minimum Gasteiger partial charge on any atom is -0.394 e. The van der Waals surface area contributed by atoms with Gasteiger partial charge >= 0.3 is 0 Å². The molecule has 0 spiro atoms. The fraction of sp³-hybridized carbons (Fsp3) is 0.350. The summed E-state index contributed by atoms with van der Waals surface area (Å²) >= 11 is 6.28. The zero-order chi connectivity index (χ0) is 16.7. The van der Waals surface area contributed by atoms with Gasteiger partial charge in [-0.15, -0.1) is 0 Å². The van der Waals surface area contributed by atoms with Crippen LogP contribution in [-0.4, -0.2) is 37.9 Å². The molecule has 0 bridgehead atoms. The van der Waals surface area contributed by atoms with Crippen molar-refractivity contribution in [3.63, 3.8) is 0 Å². The van der Waals surface area contributed by atoms with E-state index < -0.39 is 0 Å². The molecule has 0 aromatic heterocycles. The van der Waals surface area contributed by atoms with Crippen LogP contribution in [0.5, 0.6) is 0 Å². The van der Waals surface area contributed by atoms with Crippen molar-refractivity contribution in [3.05, 3.63) is 69.7 Å². The van der Waals surface area contributed by atoms with Gasteiger partial charge in [0.1, 0.15) is 12.3 Å². The van der Waals surface area contributed by atoms with Gasteiger partial charge in [0.15, 0.2) is 0 Å². The summed E-state index contributed by atoms with van der Waals surface area (Å²) in [6.07, 6.45) is 1.21. The molecule has 2 aromatic rings. The maximum atomic E-state index is 6.28. The van der Waals surface area contributed by atoms with E-state index in [2.05, 4.69) is 40.4 Å². The van der Waals surface area contributed by atoms with Crippen LogP contribution in [-0.2, 0) is 4.84 Å². The molecular weight excluding hydrogens is 320 g/mol. The Hall–Kier alpha value is -1.84. The van der Waals surface area contributed by atoms with E-state index in [1.807, 2.05) is 26.2 Å². The molecule has 2 aliphatic carbocycles. The number of likely N-dealkylation sites (N-methyl/N-ethyl adjacent to an activating group) is 1. The number of hydrogen-bond acceptors (Lipinski definition) is 3. The number of halogens is 1. The predicted molar refractivity (Wildman–Crippen MR) is 98.1 cm³/mol. The first-order valence-corrected chi connectivity index (χ1v) is 8.77. The van der Waals surface area contributed by atoms with Crippen LogP contribution < -0.4 is 0 Å². The number of benzene rings is 2.